The third kappa shape index (κ3) is 5.65. The summed E-state index contributed by atoms with van der Waals surface area (Å²) in [5, 5.41) is 2.87. The molecule has 0 heterocycles. The number of hydrogen-bond donors (Lipinski definition) is 1. The van der Waals surface area contributed by atoms with E-state index in [0.717, 1.165) is 22.4 Å². The first-order chi connectivity index (χ1) is 14.3. The average molecular weight is 415 g/mol. The van der Waals surface area contributed by atoms with Crippen LogP contribution in [0, 0.1) is 13.8 Å². The van der Waals surface area contributed by atoms with Crippen molar-refractivity contribution in [2.75, 3.05) is 40.2 Å². The summed E-state index contributed by atoms with van der Waals surface area (Å²) in [4.78, 5) is 26.3. The van der Waals surface area contributed by atoms with Crippen LogP contribution in [0.5, 0.6) is 17.2 Å². The van der Waals surface area contributed by atoms with Gasteiger partial charge in [-0.15, -0.1) is 0 Å². The Labute approximate surface area is 177 Å². The zero-order chi connectivity index (χ0) is 22.3. The largest absolute Gasteiger partial charge is 0.493 e. The number of aryl methyl sites for hydroxylation is 2. The molecule has 0 spiro atoms. The first-order valence-corrected chi connectivity index (χ1v) is 9.69. The van der Waals surface area contributed by atoms with E-state index in [9.17, 15) is 9.59 Å². The van der Waals surface area contributed by atoms with E-state index in [1.807, 2.05) is 44.2 Å². The third-order valence-corrected chi connectivity index (χ3v) is 5.04. The summed E-state index contributed by atoms with van der Waals surface area (Å²) < 4.78 is 16.0. The zero-order valence-electron chi connectivity index (χ0n) is 18.5. The Morgan fingerprint density at radius 3 is 2.20 bits per heavy atom. The molecule has 0 aromatic heterocycles. The van der Waals surface area contributed by atoms with E-state index in [4.69, 9.17) is 14.2 Å². The van der Waals surface area contributed by atoms with Crippen molar-refractivity contribution in [2.45, 2.75) is 26.7 Å². The molecule has 30 heavy (non-hydrogen) atoms. The number of benzene rings is 2. The minimum Gasteiger partial charge on any atom is -0.493 e. The molecule has 0 aliphatic heterocycles. The molecule has 7 heteroatoms. The standard InChI is InChI=1S/C23H30N2O5/c1-15-8-7-9-18(16(15)2)24-21(26)14-25(3)22(27)11-10-17-12-19(28-4)23(30-6)20(13-17)29-5/h7-9,12-13H,10-11,14H2,1-6H3,(H,24,26). The number of ether oxygens (including phenoxy) is 3. The summed E-state index contributed by atoms with van der Waals surface area (Å²) in [7, 11) is 6.27. The van der Waals surface area contributed by atoms with Crippen LogP contribution in [-0.4, -0.2) is 51.6 Å². The van der Waals surface area contributed by atoms with Gasteiger partial charge in [-0.1, -0.05) is 12.1 Å². The third-order valence-electron chi connectivity index (χ3n) is 5.04. The number of rotatable bonds is 9. The van der Waals surface area contributed by atoms with Crippen LogP contribution in [0.15, 0.2) is 30.3 Å². The van der Waals surface area contributed by atoms with Crippen LogP contribution in [0.25, 0.3) is 0 Å². The lowest BCUT2D eigenvalue weighted by atomic mass is 10.1. The van der Waals surface area contributed by atoms with Gasteiger partial charge in [-0.25, -0.2) is 0 Å². The van der Waals surface area contributed by atoms with Gasteiger partial charge in [0, 0.05) is 19.2 Å². The first-order valence-electron chi connectivity index (χ1n) is 9.69. The minimum absolute atomic E-state index is 0.0124. The molecule has 7 nitrogen and oxygen atoms in total. The average Bonchev–Trinajstić information content (AvgIpc) is 2.74. The molecule has 2 amide bonds. The lowest BCUT2D eigenvalue weighted by Gasteiger charge is -2.18. The number of nitrogens with one attached hydrogen (secondary N) is 1. The Morgan fingerprint density at radius 2 is 1.63 bits per heavy atom. The Bertz CT molecular complexity index is 885. The van der Waals surface area contributed by atoms with Crippen LogP contribution in [0.2, 0.25) is 0 Å². The molecule has 0 aliphatic carbocycles. The highest BCUT2D eigenvalue weighted by atomic mass is 16.5. The van der Waals surface area contributed by atoms with Crippen molar-refractivity contribution >= 4 is 17.5 Å². The second kappa shape index (κ2) is 10.5. The van der Waals surface area contributed by atoms with E-state index in [2.05, 4.69) is 5.32 Å². The number of amides is 2. The van der Waals surface area contributed by atoms with Crippen molar-refractivity contribution in [3.05, 3.63) is 47.0 Å². The van der Waals surface area contributed by atoms with Crippen molar-refractivity contribution in [3.63, 3.8) is 0 Å². The summed E-state index contributed by atoms with van der Waals surface area (Å²) in [6.07, 6.45) is 0.740. The minimum atomic E-state index is -0.229. The number of methoxy groups -OCH3 is 3. The molecule has 0 radical (unpaired) electrons. The molecule has 2 aromatic carbocycles. The second-order valence-corrected chi connectivity index (χ2v) is 7.08. The summed E-state index contributed by atoms with van der Waals surface area (Å²) in [5.74, 6) is 1.24. The highest BCUT2D eigenvalue weighted by Gasteiger charge is 2.17. The predicted octanol–water partition coefficient (Wildman–Crippen LogP) is 3.36. The number of carbonyl (C=O) groups is 2. The van der Waals surface area contributed by atoms with E-state index in [1.165, 1.54) is 4.90 Å². The van der Waals surface area contributed by atoms with Crippen molar-refractivity contribution in [2.24, 2.45) is 0 Å². The molecule has 0 fully saturated rings. The van der Waals surface area contributed by atoms with Gasteiger partial charge < -0.3 is 24.4 Å². The van der Waals surface area contributed by atoms with Crippen LogP contribution < -0.4 is 19.5 Å². The fraction of sp³-hybridized carbons (Fsp3) is 0.391. The van der Waals surface area contributed by atoms with Gasteiger partial charge in [0.2, 0.25) is 17.6 Å². The van der Waals surface area contributed by atoms with Gasteiger partial charge in [0.15, 0.2) is 11.5 Å². The van der Waals surface area contributed by atoms with Crippen molar-refractivity contribution in [3.8, 4) is 17.2 Å². The van der Waals surface area contributed by atoms with Crippen molar-refractivity contribution in [1.29, 1.82) is 0 Å². The van der Waals surface area contributed by atoms with Crippen LogP contribution in [0.1, 0.15) is 23.1 Å². The maximum Gasteiger partial charge on any atom is 0.243 e. The van der Waals surface area contributed by atoms with Crippen molar-refractivity contribution in [1.82, 2.24) is 4.90 Å². The van der Waals surface area contributed by atoms with Crippen molar-refractivity contribution < 1.29 is 23.8 Å². The molecule has 162 valence electrons. The number of nitrogens with zero attached hydrogens (tertiary/aromatic N) is 1. The lowest BCUT2D eigenvalue weighted by molar-refractivity contribution is -0.133. The Balaban J connectivity index is 1.96. The van der Waals surface area contributed by atoms with Gasteiger partial charge >= 0.3 is 0 Å². The molecule has 1 N–H and O–H groups in total. The molecule has 0 atom stereocenters. The monoisotopic (exact) mass is 414 g/mol. The fourth-order valence-electron chi connectivity index (χ4n) is 3.10. The van der Waals surface area contributed by atoms with Gasteiger partial charge in [0.1, 0.15) is 0 Å². The molecule has 0 saturated carbocycles. The second-order valence-electron chi connectivity index (χ2n) is 7.08. The Kier molecular flexibility index (Phi) is 8.09. The number of hydrogen-bond acceptors (Lipinski definition) is 5. The Morgan fingerprint density at radius 1 is 1.00 bits per heavy atom. The van der Waals surface area contributed by atoms with Crippen LogP contribution in [-0.2, 0) is 16.0 Å². The highest BCUT2D eigenvalue weighted by molar-refractivity contribution is 5.95. The van der Waals surface area contributed by atoms with E-state index in [0.29, 0.717) is 23.7 Å². The molecule has 0 bridgehead atoms. The molecular weight excluding hydrogens is 384 g/mol. The number of carbonyl (C=O) groups excluding carboxylic acids is 2. The Hall–Kier alpha value is -3.22. The summed E-state index contributed by atoms with van der Waals surface area (Å²) in [6.45, 7) is 3.93. The number of anilines is 1. The molecular formula is C23H30N2O5. The zero-order valence-corrected chi connectivity index (χ0v) is 18.5. The SMILES string of the molecule is COc1cc(CCC(=O)N(C)CC(=O)Nc2cccc(C)c2C)cc(OC)c1OC. The highest BCUT2D eigenvalue weighted by Crippen LogP contribution is 2.38. The lowest BCUT2D eigenvalue weighted by Crippen LogP contribution is -2.35. The van der Waals surface area contributed by atoms with Gasteiger partial charge in [-0.05, 0) is 55.2 Å². The van der Waals surface area contributed by atoms with Gasteiger partial charge in [-0.3, -0.25) is 9.59 Å². The summed E-state index contributed by atoms with van der Waals surface area (Å²) in [6, 6.07) is 9.38. The van der Waals surface area contributed by atoms with Crippen LogP contribution >= 0.6 is 0 Å². The molecule has 2 aromatic rings. The maximum atomic E-state index is 12.5. The van der Waals surface area contributed by atoms with E-state index >= 15 is 0 Å². The van der Waals surface area contributed by atoms with Gasteiger partial charge in [0.25, 0.3) is 0 Å². The normalized spacial score (nSPS) is 10.3. The van der Waals surface area contributed by atoms with Crippen LogP contribution in [0.3, 0.4) is 0 Å². The molecule has 0 unspecified atom stereocenters. The van der Waals surface area contributed by atoms with E-state index < -0.39 is 0 Å². The summed E-state index contributed by atoms with van der Waals surface area (Å²) >= 11 is 0. The smallest absolute Gasteiger partial charge is 0.243 e. The van der Waals surface area contributed by atoms with Gasteiger partial charge in [-0.2, -0.15) is 0 Å². The number of likely N-dealkylation sites (N-methyl/N-ethyl adjacent to an activating group) is 1. The van der Waals surface area contributed by atoms with E-state index in [1.54, 1.807) is 28.4 Å². The van der Waals surface area contributed by atoms with Crippen LogP contribution in [0.4, 0.5) is 5.69 Å². The van der Waals surface area contributed by atoms with Gasteiger partial charge in [0.05, 0.1) is 27.9 Å². The first kappa shape index (κ1) is 23.1. The molecule has 0 aliphatic rings. The molecule has 0 saturated heterocycles. The summed E-state index contributed by atoms with van der Waals surface area (Å²) in [5.41, 5.74) is 3.76. The predicted molar refractivity (Wildman–Crippen MR) is 117 cm³/mol. The molecule has 2 rings (SSSR count). The maximum absolute atomic E-state index is 12.5. The quantitative estimate of drug-likeness (QED) is 0.681. The fourth-order valence-corrected chi connectivity index (χ4v) is 3.10. The van der Waals surface area contributed by atoms with E-state index in [-0.39, 0.29) is 24.8 Å². The topological polar surface area (TPSA) is 77.1 Å².